The van der Waals surface area contributed by atoms with Gasteiger partial charge in [-0.15, -0.1) is 0 Å². The largest absolute Gasteiger partial charge is 0.507 e. The molecule has 6 heteroatoms. The van der Waals surface area contributed by atoms with Gasteiger partial charge in [-0.2, -0.15) is 4.39 Å². The second-order valence-electron chi connectivity index (χ2n) is 3.57. The van der Waals surface area contributed by atoms with Gasteiger partial charge in [0.1, 0.15) is 17.2 Å². The fraction of sp³-hybridized carbons (Fsp3) is 0.0833. The van der Waals surface area contributed by atoms with E-state index in [1.807, 2.05) is 0 Å². The molecule has 5 nitrogen and oxygen atoms in total. The highest BCUT2D eigenvalue weighted by Crippen LogP contribution is 2.29. The first kappa shape index (κ1) is 12.0. The van der Waals surface area contributed by atoms with Gasteiger partial charge in [0.15, 0.2) is 0 Å². The Hall–Kier alpha value is -2.50. The highest BCUT2D eigenvalue weighted by molar-refractivity contribution is 5.93. The zero-order valence-corrected chi connectivity index (χ0v) is 9.31. The number of ether oxygens (including phenoxy) is 1. The Labute approximate surface area is 101 Å². The Bertz CT molecular complexity index is 654. The first-order valence-corrected chi connectivity index (χ1v) is 4.99. The van der Waals surface area contributed by atoms with Crippen LogP contribution in [0.25, 0.3) is 10.9 Å². The molecule has 0 unspecified atom stereocenters. The zero-order valence-electron chi connectivity index (χ0n) is 9.31. The SMILES string of the molecule is CC(=O)Oc1cc(O)c2ccc(C(=O)F)nc2c1. The lowest BCUT2D eigenvalue weighted by atomic mass is 10.1. The van der Waals surface area contributed by atoms with E-state index < -0.39 is 12.0 Å². The average Bonchev–Trinajstić information content (AvgIpc) is 2.27. The maximum atomic E-state index is 12.5. The van der Waals surface area contributed by atoms with Crippen LogP contribution < -0.4 is 4.74 Å². The van der Waals surface area contributed by atoms with Crippen LogP contribution in [-0.2, 0) is 4.79 Å². The molecule has 18 heavy (non-hydrogen) atoms. The van der Waals surface area contributed by atoms with Crippen LogP contribution in [0.15, 0.2) is 24.3 Å². The summed E-state index contributed by atoms with van der Waals surface area (Å²) in [6, 6.07) is 3.43. The minimum absolute atomic E-state index is 0.0726. The molecular formula is C12H8FNO4. The average molecular weight is 249 g/mol. The second kappa shape index (κ2) is 4.40. The molecule has 0 spiro atoms. The third-order valence-electron chi connectivity index (χ3n) is 2.22. The van der Waals surface area contributed by atoms with Crippen LogP contribution in [0.3, 0.4) is 0 Å². The van der Waals surface area contributed by atoms with Crippen molar-refractivity contribution in [2.75, 3.05) is 0 Å². The van der Waals surface area contributed by atoms with Crippen LogP contribution in [0.1, 0.15) is 17.4 Å². The van der Waals surface area contributed by atoms with E-state index in [0.29, 0.717) is 5.39 Å². The highest BCUT2D eigenvalue weighted by atomic mass is 19.1. The van der Waals surface area contributed by atoms with Crippen molar-refractivity contribution in [3.8, 4) is 11.5 Å². The van der Waals surface area contributed by atoms with Crippen molar-refractivity contribution in [3.05, 3.63) is 30.0 Å². The van der Waals surface area contributed by atoms with E-state index in [9.17, 15) is 19.1 Å². The van der Waals surface area contributed by atoms with Crippen LogP contribution in [0.2, 0.25) is 0 Å². The molecule has 0 amide bonds. The van der Waals surface area contributed by atoms with Gasteiger partial charge in [-0.3, -0.25) is 9.59 Å². The van der Waals surface area contributed by atoms with Gasteiger partial charge in [0.2, 0.25) is 0 Å². The summed E-state index contributed by atoms with van der Waals surface area (Å²) < 4.78 is 17.3. The van der Waals surface area contributed by atoms with Crippen molar-refractivity contribution in [1.29, 1.82) is 0 Å². The Kier molecular flexibility index (Phi) is 2.93. The van der Waals surface area contributed by atoms with E-state index >= 15 is 0 Å². The highest BCUT2D eigenvalue weighted by Gasteiger charge is 2.11. The van der Waals surface area contributed by atoms with Crippen molar-refractivity contribution >= 4 is 22.9 Å². The fourth-order valence-corrected chi connectivity index (χ4v) is 1.52. The number of hydrogen-bond acceptors (Lipinski definition) is 5. The van der Waals surface area contributed by atoms with E-state index in [1.165, 1.54) is 25.1 Å². The first-order chi connectivity index (χ1) is 8.47. The van der Waals surface area contributed by atoms with Crippen LogP contribution in [0.5, 0.6) is 11.5 Å². The molecule has 2 rings (SSSR count). The summed E-state index contributed by atoms with van der Waals surface area (Å²) >= 11 is 0. The molecule has 92 valence electrons. The van der Waals surface area contributed by atoms with Gasteiger partial charge < -0.3 is 9.84 Å². The molecule has 1 aromatic heterocycles. The minimum Gasteiger partial charge on any atom is -0.507 e. The summed E-state index contributed by atoms with van der Waals surface area (Å²) in [7, 11) is 0. The number of rotatable bonds is 2. The predicted octanol–water partition coefficient (Wildman–Crippen LogP) is 1.98. The number of phenolic OH excluding ortho intramolecular Hbond substituents is 1. The van der Waals surface area contributed by atoms with Gasteiger partial charge in [0, 0.05) is 24.4 Å². The quantitative estimate of drug-likeness (QED) is 0.500. The third-order valence-corrected chi connectivity index (χ3v) is 2.22. The molecule has 0 atom stereocenters. The number of nitrogens with zero attached hydrogens (tertiary/aromatic N) is 1. The Morgan fingerprint density at radius 3 is 2.67 bits per heavy atom. The number of hydrogen-bond donors (Lipinski definition) is 1. The number of fused-ring (bicyclic) bond motifs is 1. The summed E-state index contributed by atoms with van der Waals surface area (Å²) in [6.45, 7) is 1.20. The van der Waals surface area contributed by atoms with Gasteiger partial charge in [-0.1, -0.05) is 0 Å². The van der Waals surface area contributed by atoms with Gasteiger partial charge >= 0.3 is 12.0 Å². The van der Waals surface area contributed by atoms with Crippen LogP contribution in [-0.4, -0.2) is 22.1 Å². The lowest BCUT2D eigenvalue weighted by Crippen LogP contribution is -2.01. The number of aromatic nitrogens is 1. The molecule has 1 heterocycles. The van der Waals surface area contributed by atoms with Crippen LogP contribution in [0, 0.1) is 0 Å². The molecule has 0 aliphatic rings. The molecule has 2 aromatic rings. The van der Waals surface area contributed by atoms with Crippen molar-refractivity contribution in [2.24, 2.45) is 0 Å². The third kappa shape index (κ3) is 2.27. The second-order valence-corrected chi connectivity index (χ2v) is 3.57. The zero-order chi connectivity index (χ0) is 13.3. The summed E-state index contributed by atoms with van der Waals surface area (Å²) in [6.07, 6.45) is 0. The lowest BCUT2D eigenvalue weighted by molar-refractivity contribution is -0.131. The Morgan fingerprint density at radius 1 is 1.33 bits per heavy atom. The van der Waals surface area contributed by atoms with Gasteiger partial charge in [-0.05, 0) is 12.1 Å². The number of aromatic hydroxyl groups is 1. The van der Waals surface area contributed by atoms with Gasteiger partial charge in [0.05, 0.1) is 5.52 Å². The Balaban J connectivity index is 2.60. The summed E-state index contributed by atoms with van der Waals surface area (Å²) in [5, 5.41) is 10.0. The summed E-state index contributed by atoms with van der Waals surface area (Å²) in [5.41, 5.74) is -0.211. The molecule has 0 aliphatic carbocycles. The number of halogens is 1. The minimum atomic E-state index is -1.67. The molecule has 0 aliphatic heterocycles. The van der Waals surface area contributed by atoms with E-state index in [2.05, 4.69) is 4.98 Å². The fourth-order valence-electron chi connectivity index (χ4n) is 1.52. The van der Waals surface area contributed by atoms with Gasteiger partial charge in [-0.25, -0.2) is 4.98 Å². The lowest BCUT2D eigenvalue weighted by Gasteiger charge is -2.05. The molecule has 0 fully saturated rings. The standard InChI is InChI=1S/C12H8FNO4/c1-6(15)18-7-4-10-8(11(16)5-7)2-3-9(14-10)12(13)17/h2-5,16H,1H3. The monoisotopic (exact) mass is 249 g/mol. The van der Waals surface area contributed by atoms with Gasteiger partial charge in [0.25, 0.3) is 0 Å². The molecule has 0 radical (unpaired) electrons. The predicted molar refractivity (Wildman–Crippen MR) is 60.2 cm³/mol. The smallest absolute Gasteiger partial charge is 0.350 e. The molecule has 0 saturated carbocycles. The number of benzene rings is 1. The number of phenols is 1. The summed E-state index contributed by atoms with van der Waals surface area (Å²) in [5.74, 6) is -0.663. The maximum Gasteiger partial charge on any atom is 0.350 e. The molecule has 1 N–H and O–H groups in total. The number of carbonyl (C=O) groups excluding carboxylic acids is 2. The topological polar surface area (TPSA) is 76.5 Å². The molecule has 0 bridgehead atoms. The van der Waals surface area contributed by atoms with Crippen molar-refractivity contribution in [1.82, 2.24) is 4.98 Å². The van der Waals surface area contributed by atoms with E-state index in [4.69, 9.17) is 4.74 Å². The normalized spacial score (nSPS) is 10.3. The van der Waals surface area contributed by atoms with Crippen molar-refractivity contribution in [3.63, 3.8) is 0 Å². The molecule has 1 aromatic carbocycles. The number of carbonyl (C=O) groups is 2. The maximum absolute atomic E-state index is 12.5. The number of esters is 1. The molecular weight excluding hydrogens is 241 g/mol. The number of pyridine rings is 1. The van der Waals surface area contributed by atoms with Crippen LogP contribution in [0.4, 0.5) is 4.39 Å². The summed E-state index contributed by atoms with van der Waals surface area (Å²) in [4.78, 5) is 25.1. The van der Waals surface area contributed by atoms with Crippen LogP contribution >= 0.6 is 0 Å². The van der Waals surface area contributed by atoms with Crippen molar-refractivity contribution in [2.45, 2.75) is 6.92 Å². The van der Waals surface area contributed by atoms with E-state index in [1.54, 1.807) is 0 Å². The first-order valence-electron chi connectivity index (χ1n) is 4.99. The van der Waals surface area contributed by atoms with E-state index in [-0.39, 0.29) is 22.7 Å². The Morgan fingerprint density at radius 2 is 2.06 bits per heavy atom. The van der Waals surface area contributed by atoms with E-state index in [0.717, 1.165) is 6.07 Å². The van der Waals surface area contributed by atoms with Crippen molar-refractivity contribution < 1.29 is 23.8 Å². The molecule has 0 saturated heterocycles.